The van der Waals surface area contributed by atoms with E-state index in [9.17, 15) is 4.79 Å². The number of carbonyl (C=O) groups is 1. The number of amides is 1. The maximum absolute atomic E-state index is 11.1. The Morgan fingerprint density at radius 3 is 3.12 bits per heavy atom. The number of ether oxygens (including phenoxy) is 1. The maximum Gasteiger partial charge on any atom is 0.233 e. The first-order chi connectivity index (χ1) is 8.31. The van der Waals surface area contributed by atoms with Crippen molar-refractivity contribution >= 4 is 5.91 Å². The quantitative estimate of drug-likeness (QED) is 0.813. The zero-order chi connectivity index (χ0) is 12.1. The molecule has 17 heavy (non-hydrogen) atoms. The lowest BCUT2D eigenvalue weighted by atomic mass is 9.93. The highest BCUT2D eigenvalue weighted by atomic mass is 16.5. The fourth-order valence-electron chi connectivity index (χ4n) is 2.08. The van der Waals surface area contributed by atoms with Gasteiger partial charge in [0.05, 0.1) is 13.2 Å². The van der Waals surface area contributed by atoms with Crippen LogP contribution >= 0.6 is 0 Å². The van der Waals surface area contributed by atoms with Crippen molar-refractivity contribution in [1.29, 1.82) is 0 Å². The normalized spacial score (nSPS) is 18.1. The van der Waals surface area contributed by atoms with E-state index < -0.39 is 0 Å². The van der Waals surface area contributed by atoms with E-state index in [0.717, 1.165) is 25.3 Å². The Morgan fingerprint density at radius 2 is 2.29 bits per heavy atom. The zero-order valence-corrected chi connectivity index (χ0v) is 10.0. The van der Waals surface area contributed by atoms with E-state index in [1.165, 1.54) is 5.56 Å². The number of likely N-dealkylation sites (N-methyl/N-ethyl adjacent to an activating group) is 1. The van der Waals surface area contributed by atoms with Gasteiger partial charge in [0.1, 0.15) is 5.75 Å². The summed E-state index contributed by atoms with van der Waals surface area (Å²) >= 11 is 0. The fourth-order valence-corrected chi connectivity index (χ4v) is 2.08. The van der Waals surface area contributed by atoms with Gasteiger partial charge in [-0.2, -0.15) is 0 Å². The van der Waals surface area contributed by atoms with E-state index in [0.29, 0.717) is 12.5 Å². The van der Waals surface area contributed by atoms with E-state index in [1.54, 1.807) is 7.05 Å². The van der Waals surface area contributed by atoms with Crippen LogP contribution in [0, 0.1) is 0 Å². The number of para-hydroxylation sites is 1. The van der Waals surface area contributed by atoms with Crippen LogP contribution in [-0.4, -0.2) is 32.7 Å². The number of nitrogens with one attached hydrogen (secondary N) is 2. The minimum atomic E-state index is 0.0188. The van der Waals surface area contributed by atoms with Crippen LogP contribution in [0.3, 0.4) is 0 Å². The third kappa shape index (κ3) is 2.97. The number of hydrogen-bond donors (Lipinski definition) is 2. The third-order valence-electron chi connectivity index (χ3n) is 3.04. The highest BCUT2D eigenvalue weighted by molar-refractivity contribution is 5.77. The van der Waals surface area contributed by atoms with Gasteiger partial charge in [-0.15, -0.1) is 0 Å². The summed E-state index contributed by atoms with van der Waals surface area (Å²) in [4.78, 5) is 11.1. The van der Waals surface area contributed by atoms with Crippen LogP contribution in [0.15, 0.2) is 24.3 Å². The molecular weight excluding hydrogens is 216 g/mol. The standard InChI is InChI=1S/C13H18N2O2/c1-14-13(16)9-15-8-10-6-7-17-12-5-3-2-4-11(10)12/h2-5,10,15H,6-9H2,1H3,(H,14,16). The predicted molar refractivity (Wildman–Crippen MR) is 66.2 cm³/mol. The Morgan fingerprint density at radius 1 is 1.47 bits per heavy atom. The minimum Gasteiger partial charge on any atom is -0.493 e. The van der Waals surface area contributed by atoms with Crippen LogP contribution in [0.25, 0.3) is 0 Å². The minimum absolute atomic E-state index is 0.0188. The summed E-state index contributed by atoms with van der Waals surface area (Å²) in [6.45, 7) is 1.94. The van der Waals surface area contributed by atoms with Crippen molar-refractivity contribution in [1.82, 2.24) is 10.6 Å². The fraction of sp³-hybridized carbons (Fsp3) is 0.462. The summed E-state index contributed by atoms with van der Waals surface area (Å²) in [6, 6.07) is 8.11. The third-order valence-corrected chi connectivity index (χ3v) is 3.04. The summed E-state index contributed by atoms with van der Waals surface area (Å²) in [5, 5.41) is 5.77. The molecule has 0 saturated carbocycles. The van der Waals surface area contributed by atoms with E-state index in [4.69, 9.17) is 4.74 Å². The van der Waals surface area contributed by atoms with Gasteiger partial charge in [0.2, 0.25) is 5.91 Å². The Labute approximate surface area is 101 Å². The molecule has 1 amide bonds. The van der Waals surface area contributed by atoms with E-state index >= 15 is 0 Å². The Balaban J connectivity index is 1.92. The van der Waals surface area contributed by atoms with Gasteiger partial charge in [-0.05, 0) is 18.1 Å². The van der Waals surface area contributed by atoms with Gasteiger partial charge in [-0.1, -0.05) is 18.2 Å². The van der Waals surface area contributed by atoms with Gasteiger partial charge in [0.15, 0.2) is 0 Å². The monoisotopic (exact) mass is 234 g/mol. The van der Waals surface area contributed by atoms with Crippen LogP contribution in [0.5, 0.6) is 5.75 Å². The average molecular weight is 234 g/mol. The number of hydrogen-bond acceptors (Lipinski definition) is 3. The van der Waals surface area contributed by atoms with Gasteiger partial charge in [0, 0.05) is 19.5 Å². The van der Waals surface area contributed by atoms with Gasteiger partial charge < -0.3 is 15.4 Å². The molecule has 1 unspecified atom stereocenters. The van der Waals surface area contributed by atoms with Crippen molar-refractivity contribution in [3.8, 4) is 5.75 Å². The second-order valence-electron chi connectivity index (χ2n) is 4.18. The number of rotatable bonds is 4. The van der Waals surface area contributed by atoms with Crippen molar-refractivity contribution in [2.45, 2.75) is 12.3 Å². The second-order valence-corrected chi connectivity index (χ2v) is 4.18. The molecule has 0 bridgehead atoms. The summed E-state index contributed by atoms with van der Waals surface area (Å²) in [5.41, 5.74) is 1.24. The summed E-state index contributed by atoms with van der Waals surface area (Å²) < 4.78 is 5.60. The SMILES string of the molecule is CNC(=O)CNCC1CCOc2ccccc21. The zero-order valence-electron chi connectivity index (χ0n) is 10.0. The lowest BCUT2D eigenvalue weighted by Gasteiger charge is -2.25. The molecule has 1 aliphatic heterocycles. The van der Waals surface area contributed by atoms with Crippen LogP contribution < -0.4 is 15.4 Å². The molecule has 0 aromatic heterocycles. The van der Waals surface area contributed by atoms with E-state index in [-0.39, 0.29) is 5.91 Å². The number of carbonyl (C=O) groups excluding carboxylic acids is 1. The Bertz CT molecular complexity index is 393. The molecule has 0 saturated heterocycles. The van der Waals surface area contributed by atoms with Crippen molar-refractivity contribution in [2.24, 2.45) is 0 Å². The van der Waals surface area contributed by atoms with E-state index in [1.807, 2.05) is 18.2 Å². The van der Waals surface area contributed by atoms with Crippen LogP contribution in [0.1, 0.15) is 17.9 Å². The lowest BCUT2D eigenvalue weighted by Crippen LogP contribution is -2.34. The second kappa shape index (κ2) is 5.68. The van der Waals surface area contributed by atoms with Crippen LogP contribution in [0.2, 0.25) is 0 Å². The Hall–Kier alpha value is -1.55. The number of fused-ring (bicyclic) bond motifs is 1. The molecule has 1 heterocycles. The van der Waals surface area contributed by atoms with Crippen molar-refractivity contribution in [2.75, 3.05) is 26.7 Å². The molecule has 4 nitrogen and oxygen atoms in total. The summed E-state index contributed by atoms with van der Waals surface area (Å²) in [6.07, 6.45) is 0.998. The van der Waals surface area contributed by atoms with Crippen molar-refractivity contribution in [3.05, 3.63) is 29.8 Å². The topological polar surface area (TPSA) is 50.4 Å². The number of benzene rings is 1. The summed E-state index contributed by atoms with van der Waals surface area (Å²) in [5.74, 6) is 1.43. The first kappa shape index (κ1) is 11.9. The predicted octanol–water partition coefficient (Wildman–Crippen LogP) is 0.888. The summed E-state index contributed by atoms with van der Waals surface area (Å²) in [7, 11) is 1.65. The molecule has 2 N–H and O–H groups in total. The van der Waals surface area contributed by atoms with Crippen LogP contribution in [-0.2, 0) is 4.79 Å². The molecule has 1 atom stereocenters. The van der Waals surface area contributed by atoms with Gasteiger partial charge in [-0.3, -0.25) is 4.79 Å². The van der Waals surface area contributed by atoms with Crippen LogP contribution in [0.4, 0.5) is 0 Å². The van der Waals surface area contributed by atoms with Gasteiger partial charge >= 0.3 is 0 Å². The molecule has 2 rings (SSSR count). The van der Waals surface area contributed by atoms with Gasteiger partial charge in [0.25, 0.3) is 0 Å². The average Bonchev–Trinajstić information content (AvgIpc) is 2.39. The van der Waals surface area contributed by atoms with Gasteiger partial charge in [-0.25, -0.2) is 0 Å². The highest BCUT2D eigenvalue weighted by Crippen LogP contribution is 2.32. The lowest BCUT2D eigenvalue weighted by molar-refractivity contribution is -0.119. The molecule has 4 heteroatoms. The Kier molecular flexibility index (Phi) is 3.98. The highest BCUT2D eigenvalue weighted by Gasteiger charge is 2.20. The molecule has 0 radical (unpaired) electrons. The smallest absolute Gasteiger partial charge is 0.233 e. The molecule has 92 valence electrons. The van der Waals surface area contributed by atoms with Crippen molar-refractivity contribution < 1.29 is 9.53 Å². The molecule has 0 spiro atoms. The maximum atomic E-state index is 11.1. The largest absolute Gasteiger partial charge is 0.493 e. The molecule has 1 aliphatic rings. The molecular formula is C13H18N2O2. The molecule has 0 fully saturated rings. The molecule has 1 aromatic carbocycles. The first-order valence-corrected chi connectivity index (χ1v) is 5.94. The first-order valence-electron chi connectivity index (χ1n) is 5.94. The van der Waals surface area contributed by atoms with Crippen molar-refractivity contribution in [3.63, 3.8) is 0 Å². The molecule has 0 aliphatic carbocycles. The molecule has 1 aromatic rings. The van der Waals surface area contributed by atoms with E-state index in [2.05, 4.69) is 16.7 Å².